The lowest BCUT2D eigenvalue weighted by atomic mass is 10.1. The van der Waals surface area contributed by atoms with E-state index < -0.39 is 0 Å². The molecule has 0 saturated heterocycles. The predicted molar refractivity (Wildman–Crippen MR) is 77.1 cm³/mol. The zero-order valence-electron chi connectivity index (χ0n) is 11.8. The smallest absolute Gasteiger partial charge is 0.161 e. The van der Waals surface area contributed by atoms with E-state index in [0.29, 0.717) is 11.8 Å². The highest BCUT2D eigenvalue weighted by molar-refractivity contribution is 5.62. The van der Waals surface area contributed by atoms with Gasteiger partial charge in [0.25, 0.3) is 0 Å². The van der Waals surface area contributed by atoms with Crippen molar-refractivity contribution in [3.63, 3.8) is 0 Å². The molecule has 1 heterocycles. The summed E-state index contributed by atoms with van der Waals surface area (Å²) in [6.45, 7) is 0.790. The zero-order valence-corrected chi connectivity index (χ0v) is 11.8. The maximum atomic E-state index is 5.86. The van der Waals surface area contributed by atoms with Crippen molar-refractivity contribution in [3.8, 4) is 22.8 Å². The van der Waals surface area contributed by atoms with Crippen molar-refractivity contribution in [3.05, 3.63) is 36.1 Å². The van der Waals surface area contributed by atoms with Crippen molar-refractivity contribution in [2.45, 2.75) is 25.4 Å². The van der Waals surface area contributed by atoms with Crippen LogP contribution >= 0.6 is 0 Å². The molecule has 20 heavy (non-hydrogen) atoms. The summed E-state index contributed by atoms with van der Waals surface area (Å²) in [5.74, 6) is 3.23. The molecule has 1 N–H and O–H groups in total. The van der Waals surface area contributed by atoms with Gasteiger partial charge in [0.15, 0.2) is 11.5 Å². The Balaban J connectivity index is 1.77. The Hall–Kier alpha value is -1.94. The summed E-state index contributed by atoms with van der Waals surface area (Å²) in [7, 11) is 3.26. The van der Waals surface area contributed by atoms with Gasteiger partial charge in [0.1, 0.15) is 11.5 Å². The van der Waals surface area contributed by atoms with Crippen molar-refractivity contribution >= 4 is 0 Å². The molecule has 1 aromatic heterocycles. The van der Waals surface area contributed by atoms with Gasteiger partial charge in [-0.1, -0.05) is 0 Å². The van der Waals surface area contributed by atoms with Crippen LogP contribution in [0.1, 0.15) is 18.6 Å². The lowest BCUT2D eigenvalue weighted by Gasteiger charge is -2.08. The van der Waals surface area contributed by atoms with Gasteiger partial charge in [0, 0.05) is 11.6 Å². The van der Waals surface area contributed by atoms with Crippen LogP contribution in [0.15, 0.2) is 34.7 Å². The van der Waals surface area contributed by atoms with Crippen molar-refractivity contribution in [1.29, 1.82) is 0 Å². The first kappa shape index (κ1) is 13.1. The fourth-order valence-electron chi connectivity index (χ4n) is 2.15. The third kappa shape index (κ3) is 2.80. The minimum atomic E-state index is 0.685. The van der Waals surface area contributed by atoms with Crippen LogP contribution in [-0.2, 0) is 6.54 Å². The normalized spacial score (nSPS) is 14.3. The number of methoxy groups -OCH3 is 2. The molecule has 0 bridgehead atoms. The van der Waals surface area contributed by atoms with Crippen LogP contribution in [0.2, 0.25) is 0 Å². The van der Waals surface area contributed by atoms with E-state index in [9.17, 15) is 0 Å². The molecule has 3 rings (SSSR count). The van der Waals surface area contributed by atoms with Crippen molar-refractivity contribution in [1.82, 2.24) is 5.32 Å². The summed E-state index contributed by atoms with van der Waals surface area (Å²) in [5, 5.41) is 3.44. The highest BCUT2D eigenvalue weighted by atomic mass is 16.5. The van der Waals surface area contributed by atoms with Gasteiger partial charge in [0.2, 0.25) is 0 Å². The van der Waals surface area contributed by atoms with Gasteiger partial charge in [-0.2, -0.15) is 0 Å². The predicted octanol–water partition coefficient (Wildman–Crippen LogP) is 3.22. The van der Waals surface area contributed by atoms with E-state index in [2.05, 4.69) is 5.32 Å². The minimum Gasteiger partial charge on any atom is -0.493 e. The SMILES string of the molecule is COc1ccc(-c2ccc(CNC3CC3)o2)cc1OC. The van der Waals surface area contributed by atoms with Crippen molar-refractivity contribution < 1.29 is 13.9 Å². The standard InChI is InChI=1S/C16H19NO3/c1-18-15-7-3-11(9-16(15)19-2)14-8-6-13(20-14)10-17-12-4-5-12/h3,6-9,12,17H,4-5,10H2,1-2H3. The average Bonchev–Trinajstić information content (AvgIpc) is 3.21. The number of hydrogen-bond acceptors (Lipinski definition) is 4. The van der Waals surface area contributed by atoms with Crippen LogP contribution in [0, 0.1) is 0 Å². The Morgan fingerprint density at radius 3 is 2.60 bits per heavy atom. The number of ether oxygens (including phenoxy) is 2. The molecule has 1 fully saturated rings. The van der Waals surface area contributed by atoms with E-state index in [0.717, 1.165) is 29.4 Å². The third-order valence-electron chi connectivity index (χ3n) is 3.47. The maximum absolute atomic E-state index is 5.86. The second-order valence-electron chi connectivity index (χ2n) is 4.99. The molecule has 1 aromatic carbocycles. The van der Waals surface area contributed by atoms with E-state index in [-0.39, 0.29) is 0 Å². The summed E-state index contributed by atoms with van der Waals surface area (Å²) in [6, 6.07) is 10.5. The van der Waals surface area contributed by atoms with Crippen LogP contribution in [0.25, 0.3) is 11.3 Å². The zero-order chi connectivity index (χ0) is 13.9. The Morgan fingerprint density at radius 2 is 1.90 bits per heavy atom. The Morgan fingerprint density at radius 1 is 1.10 bits per heavy atom. The topological polar surface area (TPSA) is 43.6 Å². The first-order valence-corrected chi connectivity index (χ1v) is 6.84. The fraction of sp³-hybridized carbons (Fsp3) is 0.375. The average molecular weight is 273 g/mol. The van der Waals surface area contributed by atoms with Crippen LogP contribution in [-0.4, -0.2) is 20.3 Å². The fourth-order valence-corrected chi connectivity index (χ4v) is 2.15. The van der Waals surface area contributed by atoms with Crippen LogP contribution in [0.4, 0.5) is 0 Å². The summed E-state index contributed by atoms with van der Waals surface area (Å²) >= 11 is 0. The van der Waals surface area contributed by atoms with E-state index >= 15 is 0 Å². The molecule has 0 radical (unpaired) electrons. The number of nitrogens with one attached hydrogen (secondary N) is 1. The molecular weight excluding hydrogens is 254 g/mol. The van der Waals surface area contributed by atoms with Gasteiger partial charge >= 0.3 is 0 Å². The molecule has 0 aliphatic heterocycles. The summed E-state index contributed by atoms with van der Waals surface area (Å²) in [6.07, 6.45) is 2.56. The van der Waals surface area contributed by atoms with Gasteiger partial charge in [-0.3, -0.25) is 0 Å². The number of furan rings is 1. The van der Waals surface area contributed by atoms with Gasteiger partial charge in [-0.15, -0.1) is 0 Å². The molecule has 4 nitrogen and oxygen atoms in total. The number of benzene rings is 1. The molecule has 0 unspecified atom stereocenters. The highest BCUT2D eigenvalue weighted by Gasteiger charge is 2.20. The second-order valence-corrected chi connectivity index (χ2v) is 4.99. The summed E-state index contributed by atoms with van der Waals surface area (Å²) < 4.78 is 16.4. The minimum absolute atomic E-state index is 0.685. The summed E-state index contributed by atoms with van der Waals surface area (Å²) in [4.78, 5) is 0. The molecule has 1 aliphatic carbocycles. The first-order chi connectivity index (χ1) is 9.80. The van der Waals surface area contributed by atoms with E-state index in [1.165, 1.54) is 12.8 Å². The molecule has 0 amide bonds. The van der Waals surface area contributed by atoms with E-state index in [4.69, 9.17) is 13.9 Å². The van der Waals surface area contributed by atoms with Gasteiger partial charge < -0.3 is 19.2 Å². The molecule has 106 valence electrons. The molecule has 0 spiro atoms. The highest BCUT2D eigenvalue weighted by Crippen LogP contribution is 2.33. The molecular formula is C16H19NO3. The van der Waals surface area contributed by atoms with Crippen molar-refractivity contribution in [2.75, 3.05) is 14.2 Å². The lowest BCUT2D eigenvalue weighted by Crippen LogP contribution is -2.14. The maximum Gasteiger partial charge on any atom is 0.161 e. The van der Waals surface area contributed by atoms with Gasteiger partial charge in [-0.25, -0.2) is 0 Å². The number of hydrogen-bond donors (Lipinski definition) is 1. The molecule has 1 saturated carbocycles. The third-order valence-corrected chi connectivity index (χ3v) is 3.47. The molecule has 1 aliphatic rings. The Labute approximate surface area is 118 Å². The van der Waals surface area contributed by atoms with Gasteiger partial charge in [-0.05, 0) is 43.2 Å². The molecule has 2 aromatic rings. The monoisotopic (exact) mass is 273 g/mol. The molecule has 4 heteroatoms. The van der Waals surface area contributed by atoms with Crippen LogP contribution < -0.4 is 14.8 Å². The molecule has 0 atom stereocenters. The number of rotatable bonds is 6. The lowest BCUT2D eigenvalue weighted by molar-refractivity contribution is 0.355. The Kier molecular flexibility index (Phi) is 3.65. The second kappa shape index (κ2) is 5.59. The van der Waals surface area contributed by atoms with E-state index in [1.807, 2.05) is 30.3 Å². The summed E-state index contributed by atoms with van der Waals surface area (Å²) in [5.41, 5.74) is 0.986. The van der Waals surface area contributed by atoms with Crippen LogP contribution in [0.5, 0.6) is 11.5 Å². The van der Waals surface area contributed by atoms with Crippen LogP contribution in [0.3, 0.4) is 0 Å². The largest absolute Gasteiger partial charge is 0.493 e. The first-order valence-electron chi connectivity index (χ1n) is 6.84. The van der Waals surface area contributed by atoms with Crippen molar-refractivity contribution in [2.24, 2.45) is 0 Å². The quantitative estimate of drug-likeness (QED) is 0.877. The van der Waals surface area contributed by atoms with E-state index in [1.54, 1.807) is 14.2 Å². The van der Waals surface area contributed by atoms with Gasteiger partial charge in [0.05, 0.1) is 20.8 Å². The Bertz CT molecular complexity index is 587.